The number of amides is 1. The van der Waals surface area contributed by atoms with Crippen molar-refractivity contribution in [3.63, 3.8) is 0 Å². The molecule has 4 nitrogen and oxygen atoms in total. The van der Waals surface area contributed by atoms with Crippen LogP contribution in [0.15, 0.2) is 18.2 Å². The van der Waals surface area contributed by atoms with Crippen molar-refractivity contribution in [1.29, 1.82) is 0 Å². The van der Waals surface area contributed by atoms with Gasteiger partial charge in [-0.2, -0.15) is 0 Å². The van der Waals surface area contributed by atoms with Gasteiger partial charge in [-0.05, 0) is 11.6 Å². The normalized spacial score (nSPS) is 14.8. The minimum absolute atomic E-state index is 0.175. The zero-order valence-corrected chi connectivity index (χ0v) is 8.74. The van der Waals surface area contributed by atoms with E-state index in [1.807, 2.05) is 11.0 Å². The standard InChI is InChI=1S/C11H13FN2O2/c12-10-3-1-2-8-6-14(7-9(8)10)5-4-13-11(15)16/h1-3,13H,4-7H2,(H,15,16). The molecule has 1 aliphatic heterocycles. The summed E-state index contributed by atoms with van der Waals surface area (Å²) in [5.41, 5.74) is 1.73. The number of carbonyl (C=O) groups is 1. The summed E-state index contributed by atoms with van der Waals surface area (Å²) in [6.45, 7) is 2.21. The average Bonchev–Trinajstić information content (AvgIpc) is 2.61. The van der Waals surface area contributed by atoms with Gasteiger partial charge < -0.3 is 10.4 Å². The van der Waals surface area contributed by atoms with Crippen molar-refractivity contribution in [2.45, 2.75) is 13.1 Å². The second-order valence-electron chi connectivity index (χ2n) is 3.82. The monoisotopic (exact) mass is 224 g/mol. The van der Waals surface area contributed by atoms with Crippen LogP contribution in [0.25, 0.3) is 0 Å². The summed E-state index contributed by atoms with van der Waals surface area (Å²) < 4.78 is 13.4. The van der Waals surface area contributed by atoms with Gasteiger partial charge in [0.2, 0.25) is 0 Å². The topological polar surface area (TPSA) is 52.6 Å². The minimum Gasteiger partial charge on any atom is -0.465 e. The summed E-state index contributed by atoms with van der Waals surface area (Å²) in [5, 5.41) is 10.7. The highest BCUT2D eigenvalue weighted by atomic mass is 19.1. The number of nitrogens with zero attached hydrogens (tertiary/aromatic N) is 1. The van der Waals surface area contributed by atoms with Crippen LogP contribution in [0, 0.1) is 5.82 Å². The van der Waals surface area contributed by atoms with Crippen LogP contribution in [0.2, 0.25) is 0 Å². The summed E-state index contributed by atoms with van der Waals surface area (Å²) in [6.07, 6.45) is -1.03. The summed E-state index contributed by atoms with van der Waals surface area (Å²) in [4.78, 5) is 12.3. The van der Waals surface area contributed by atoms with Crippen molar-refractivity contribution < 1.29 is 14.3 Å². The van der Waals surface area contributed by atoms with Crippen LogP contribution in [0.5, 0.6) is 0 Å². The van der Waals surface area contributed by atoms with E-state index in [4.69, 9.17) is 5.11 Å². The lowest BCUT2D eigenvalue weighted by molar-refractivity contribution is 0.191. The molecule has 0 spiro atoms. The molecule has 5 heteroatoms. The smallest absolute Gasteiger partial charge is 0.404 e. The van der Waals surface area contributed by atoms with Crippen LogP contribution in [0.1, 0.15) is 11.1 Å². The molecule has 2 rings (SSSR count). The largest absolute Gasteiger partial charge is 0.465 e. The molecule has 0 atom stereocenters. The average molecular weight is 224 g/mol. The first-order chi connectivity index (χ1) is 7.66. The Kier molecular flexibility index (Phi) is 3.05. The van der Waals surface area contributed by atoms with E-state index in [1.165, 1.54) is 6.07 Å². The van der Waals surface area contributed by atoms with Gasteiger partial charge >= 0.3 is 6.09 Å². The molecule has 0 fully saturated rings. The molecule has 16 heavy (non-hydrogen) atoms. The van der Waals surface area contributed by atoms with Crippen LogP contribution in [-0.2, 0) is 13.1 Å². The van der Waals surface area contributed by atoms with Gasteiger partial charge in [0.15, 0.2) is 0 Å². The van der Waals surface area contributed by atoms with E-state index in [9.17, 15) is 9.18 Å². The Labute approximate surface area is 92.7 Å². The lowest BCUT2D eigenvalue weighted by Gasteiger charge is -2.13. The van der Waals surface area contributed by atoms with E-state index < -0.39 is 6.09 Å². The van der Waals surface area contributed by atoms with Gasteiger partial charge in [-0.3, -0.25) is 4.90 Å². The third-order valence-corrected chi connectivity index (χ3v) is 2.70. The van der Waals surface area contributed by atoms with Crippen molar-refractivity contribution >= 4 is 6.09 Å². The predicted molar refractivity (Wildman–Crippen MR) is 56.5 cm³/mol. The molecule has 0 saturated carbocycles. The van der Waals surface area contributed by atoms with E-state index >= 15 is 0 Å². The van der Waals surface area contributed by atoms with Crippen LogP contribution < -0.4 is 5.32 Å². The van der Waals surface area contributed by atoms with Crippen molar-refractivity contribution in [3.05, 3.63) is 35.1 Å². The van der Waals surface area contributed by atoms with Crippen LogP contribution in [-0.4, -0.2) is 29.2 Å². The zero-order valence-electron chi connectivity index (χ0n) is 8.74. The minimum atomic E-state index is -1.03. The number of rotatable bonds is 3. The molecule has 0 radical (unpaired) electrons. The van der Waals surface area contributed by atoms with Crippen molar-refractivity contribution in [1.82, 2.24) is 10.2 Å². The molecule has 0 aliphatic carbocycles. The number of fused-ring (bicyclic) bond motifs is 1. The Balaban J connectivity index is 1.91. The predicted octanol–water partition coefficient (Wildman–Crippen LogP) is 1.41. The van der Waals surface area contributed by atoms with E-state index in [1.54, 1.807) is 6.07 Å². The molecule has 1 amide bonds. The fourth-order valence-corrected chi connectivity index (χ4v) is 1.93. The Morgan fingerprint density at radius 2 is 2.31 bits per heavy atom. The molecule has 1 aromatic rings. The molecule has 0 unspecified atom stereocenters. The maximum absolute atomic E-state index is 13.4. The highest BCUT2D eigenvalue weighted by Crippen LogP contribution is 2.24. The summed E-state index contributed by atoms with van der Waals surface area (Å²) in [7, 11) is 0. The molecular formula is C11H13FN2O2. The summed E-state index contributed by atoms with van der Waals surface area (Å²) in [5.74, 6) is -0.175. The molecule has 86 valence electrons. The van der Waals surface area contributed by atoms with E-state index in [0.717, 1.165) is 11.1 Å². The van der Waals surface area contributed by atoms with Gasteiger partial charge in [0.1, 0.15) is 5.82 Å². The first-order valence-corrected chi connectivity index (χ1v) is 5.12. The molecule has 1 aliphatic rings. The first-order valence-electron chi connectivity index (χ1n) is 5.12. The highest BCUT2D eigenvalue weighted by molar-refractivity contribution is 5.64. The Morgan fingerprint density at radius 1 is 1.50 bits per heavy atom. The number of carboxylic acid groups (broad SMARTS) is 1. The summed E-state index contributed by atoms with van der Waals surface area (Å²) in [6, 6.07) is 5.06. The molecule has 2 N–H and O–H groups in total. The first kappa shape index (κ1) is 10.9. The quantitative estimate of drug-likeness (QED) is 0.816. The number of nitrogens with one attached hydrogen (secondary N) is 1. The van der Waals surface area contributed by atoms with E-state index in [-0.39, 0.29) is 5.82 Å². The number of hydrogen-bond donors (Lipinski definition) is 2. The molecule has 1 aromatic carbocycles. The molecular weight excluding hydrogens is 211 g/mol. The highest BCUT2D eigenvalue weighted by Gasteiger charge is 2.21. The fourth-order valence-electron chi connectivity index (χ4n) is 1.93. The van der Waals surface area contributed by atoms with Crippen molar-refractivity contribution in [3.8, 4) is 0 Å². The van der Waals surface area contributed by atoms with E-state index in [0.29, 0.717) is 26.2 Å². The van der Waals surface area contributed by atoms with Crippen LogP contribution in [0.3, 0.4) is 0 Å². The Hall–Kier alpha value is -1.62. The number of hydrogen-bond acceptors (Lipinski definition) is 2. The summed E-state index contributed by atoms with van der Waals surface area (Å²) >= 11 is 0. The van der Waals surface area contributed by atoms with Crippen molar-refractivity contribution in [2.24, 2.45) is 0 Å². The maximum Gasteiger partial charge on any atom is 0.404 e. The third kappa shape index (κ3) is 2.30. The molecule has 1 heterocycles. The Bertz CT molecular complexity index is 409. The second kappa shape index (κ2) is 4.49. The van der Waals surface area contributed by atoms with Gasteiger partial charge in [-0.15, -0.1) is 0 Å². The number of halogens is 1. The van der Waals surface area contributed by atoms with Gasteiger partial charge in [0, 0.05) is 31.7 Å². The van der Waals surface area contributed by atoms with Gasteiger partial charge in [0.05, 0.1) is 0 Å². The SMILES string of the molecule is O=C(O)NCCN1Cc2cccc(F)c2C1. The van der Waals surface area contributed by atoms with Gasteiger partial charge in [-0.25, -0.2) is 9.18 Å². The lowest BCUT2D eigenvalue weighted by Crippen LogP contribution is -2.31. The third-order valence-electron chi connectivity index (χ3n) is 2.70. The second-order valence-corrected chi connectivity index (χ2v) is 3.82. The lowest BCUT2D eigenvalue weighted by atomic mass is 10.1. The molecule has 0 saturated heterocycles. The number of benzene rings is 1. The molecule has 0 bridgehead atoms. The maximum atomic E-state index is 13.4. The van der Waals surface area contributed by atoms with Gasteiger partial charge in [-0.1, -0.05) is 12.1 Å². The van der Waals surface area contributed by atoms with Crippen LogP contribution >= 0.6 is 0 Å². The van der Waals surface area contributed by atoms with Crippen molar-refractivity contribution in [2.75, 3.05) is 13.1 Å². The van der Waals surface area contributed by atoms with Gasteiger partial charge in [0.25, 0.3) is 0 Å². The zero-order chi connectivity index (χ0) is 11.5. The van der Waals surface area contributed by atoms with E-state index in [2.05, 4.69) is 5.32 Å². The Morgan fingerprint density at radius 3 is 3.00 bits per heavy atom. The van der Waals surface area contributed by atoms with Crippen LogP contribution in [0.4, 0.5) is 9.18 Å². The fraction of sp³-hybridized carbons (Fsp3) is 0.364. The molecule has 0 aromatic heterocycles.